The molecule has 0 radical (unpaired) electrons. The van der Waals surface area contributed by atoms with Crippen LogP contribution in [0.25, 0.3) is 11.0 Å². The number of imidazole rings is 1. The van der Waals surface area contributed by atoms with E-state index >= 15 is 0 Å². The molecule has 20 heavy (non-hydrogen) atoms. The highest BCUT2D eigenvalue weighted by atomic mass is 35.5. The van der Waals surface area contributed by atoms with E-state index in [0.717, 1.165) is 29.8 Å². The normalized spacial score (nSPS) is 11.2. The van der Waals surface area contributed by atoms with Gasteiger partial charge in [0.15, 0.2) is 0 Å². The lowest BCUT2D eigenvalue weighted by molar-refractivity contribution is 0.0601. The van der Waals surface area contributed by atoms with Gasteiger partial charge in [-0.1, -0.05) is 13.8 Å². The zero-order valence-electron chi connectivity index (χ0n) is 12.0. The fourth-order valence-corrected chi connectivity index (χ4v) is 2.37. The maximum atomic E-state index is 11.6. The number of rotatable bonds is 5. The fraction of sp³-hybridized carbons (Fsp3) is 0.467. The molecule has 2 aromatic rings. The van der Waals surface area contributed by atoms with Crippen molar-refractivity contribution >= 4 is 28.6 Å². The molecule has 1 aromatic heterocycles. The minimum absolute atomic E-state index is 0.351. The number of fused-ring (bicyclic) bond motifs is 1. The smallest absolute Gasteiger partial charge is 0.337 e. The molecule has 0 saturated heterocycles. The lowest BCUT2D eigenvalue weighted by Crippen LogP contribution is -2.05. The molecule has 0 aliphatic carbocycles. The number of hydrogen-bond acceptors (Lipinski definition) is 3. The molecule has 0 unspecified atom stereocenters. The molecule has 0 fully saturated rings. The molecule has 5 heteroatoms. The molecule has 0 aliphatic heterocycles. The first-order valence-electron chi connectivity index (χ1n) is 6.70. The van der Waals surface area contributed by atoms with Gasteiger partial charge in [0.1, 0.15) is 5.82 Å². The number of halogens is 1. The summed E-state index contributed by atoms with van der Waals surface area (Å²) in [6.07, 6.45) is 1.06. The summed E-state index contributed by atoms with van der Waals surface area (Å²) in [5, 5.41) is 0. The number of ether oxygens (including phenoxy) is 1. The van der Waals surface area contributed by atoms with Crippen LogP contribution in [-0.4, -0.2) is 22.6 Å². The minimum Gasteiger partial charge on any atom is -0.465 e. The van der Waals surface area contributed by atoms with Gasteiger partial charge < -0.3 is 9.30 Å². The van der Waals surface area contributed by atoms with E-state index in [4.69, 9.17) is 16.3 Å². The summed E-state index contributed by atoms with van der Waals surface area (Å²) < 4.78 is 6.86. The first-order chi connectivity index (χ1) is 9.56. The Hall–Kier alpha value is -1.55. The molecule has 4 nitrogen and oxygen atoms in total. The number of carbonyl (C=O) groups excluding carboxylic acids is 1. The molecule has 0 saturated carbocycles. The number of aromatic nitrogens is 2. The Labute approximate surface area is 123 Å². The molecule has 0 aliphatic rings. The van der Waals surface area contributed by atoms with E-state index in [-0.39, 0.29) is 5.97 Å². The summed E-state index contributed by atoms with van der Waals surface area (Å²) in [6.45, 7) is 5.26. The number of hydrogen-bond donors (Lipinski definition) is 0. The van der Waals surface area contributed by atoms with Crippen molar-refractivity contribution in [1.29, 1.82) is 0 Å². The van der Waals surface area contributed by atoms with Crippen LogP contribution in [0, 0.1) is 5.92 Å². The standard InChI is InChI=1S/C15H19ClN2O2/c1-10(2)6-7-18-13-5-4-11(15(19)20-3)8-12(13)17-14(18)9-16/h4-5,8,10H,6-7,9H2,1-3H3. The predicted octanol–water partition coefficient (Wildman–Crippen LogP) is 3.61. The van der Waals surface area contributed by atoms with Crippen molar-refractivity contribution in [3.63, 3.8) is 0 Å². The van der Waals surface area contributed by atoms with Gasteiger partial charge in [0, 0.05) is 6.54 Å². The van der Waals surface area contributed by atoms with Crippen molar-refractivity contribution in [3.05, 3.63) is 29.6 Å². The average Bonchev–Trinajstić information content (AvgIpc) is 2.80. The number of alkyl halides is 1. The summed E-state index contributed by atoms with van der Waals surface area (Å²) in [5.74, 6) is 1.46. The largest absolute Gasteiger partial charge is 0.465 e. The zero-order chi connectivity index (χ0) is 14.7. The SMILES string of the molecule is COC(=O)c1ccc2c(c1)nc(CCl)n2CCC(C)C. The first kappa shape index (κ1) is 14.9. The van der Waals surface area contributed by atoms with Gasteiger partial charge in [-0.3, -0.25) is 0 Å². The molecule has 2 rings (SSSR count). The highest BCUT2D eigenvalue weighted by Gasteiger charge is 2.13. The van der Waals surface area contributed by atoms with E-state index in [9.17, 15) is 4.79 Å². The monoisotopic (exact) mass is 294 g/mol. The molecule has 108 valence electrons. The topological polar surface area (TPSA) is 44.1 Å². The molecule has 1 aromatic carbocycles. The number of esters is 1. The maximum absolute atomic E-state index is 11.6. The summed E-state index contributed by atoms with van der Waals surface area (Å²) in [4.78, 5) is 16.1. The average molecular weight is 295 g/mol. The van der Waals surface area contributed by atoms with Gasteiger partial charge in [-0.2, -0.15) is 0 Å². The van der Waals surface area contributed by atoms with E-state index < -0.39 is 0 Å². The molecule has 0 amide bonds. The lowest BCUT2D eigenvalue weighted by atomic mass is 10.1. The molecule has 1 heterocycles. The third kappa shape index (κ3) is 2.96. The van der Waals surface area contributed by atoms with Crippen molar-refractivity contribution in [3.8, 4) is 0 Å². The third-order valence-electron chi connectivity index (χ3n) is 3.30. The van der Waals surface area contributed by atoms with Crippen molar-refractivity contribution in [2.75, 3.05) is 7.11 Å². The van der Waals surface area contributed by atoms with Crippen molar-refractivity contribution in [2.24, 2.45) is 5.92 Å². The molecule has 0 bridgehead atoms. The minimum atomic E-state index is -0.351. The molecular weight excluding hydrogens is 276 g/mol. The van der Waals surface area contributed by atoms with Crippen LogP contribution in [0.1, 0.15) is 36.5 Å². The van der Waals surface area contributed by atoms with E-state index in [1.807, 2.05) is 6.07 Å². The molecule has 0 N–H and O–H groups in total. The fourth-order valence-electron chi connectivity index (χ4n) is 2.16. The third-order valence-corrected chi connectivity index (χ3v) is 3.54. The van der Waals surface area contributed by atoms with Crippen molar-refractivity contribution in [2.45, 2.75) is 32.7 Å². The summed E-state index contributed by atoms with van der Waals surface area (Å²) in [6, 6.07) is 5.42. The Morgan fingerprint density at radius 1 is 1.45 bits per heavy atom. The molecular formula is C15H19ClN2O2. The van der Waals surface area contributed by atoms with Crippen LogP contribution in [0.2, 0.25) is 0 Å². The van der Waals surface area contributed by atoms with E-state index in [2.05, 4.69) is 23.4 Å². The van der Waals surface area contributed by atoms with Gasteiger partial charge in [0.2, 0.25) is 0 Å². The van der Waals surface area contributed by atoms with E-state index in [1.165, 1.54) is 7.11 Å². The van der Waals surface area contributed by atoms with Crippen LogP contribution in [0.5, 0.6) is 0 Å². The Morgan fingerprint density at radius 3 is 2.80 bits per heavy atom. The predicted molar refractivity (Wildman–Crippen MR) is 80.1 cm³/mol. The zero-order valence-corrected chi connectivity index (χ0v) is 12.8. The summed E-state index contributed by atoms with van der Waals surface area (Å²) in [7, 11) is 1.37. The van der Waals surface area contributed by atoms with E-state index in [0.29, 0.717) is 17.4 Å². The highest BCUT2D eigenvalue weighted by molar-refractivity contribution is 6.16. The van der Waals surface area contributed by atoms with Gasteiger partial charge >= 0.3 is 5.97 Å². The number of nitrogens with zero attached hydrogens (tertiary/aromatic N) is 2. The van der Waals surface area contributed by atoms with Crippen LogP contribution in [0.4, 0.5) is 0 Å². The van der Waals surface area contributed by atoms with E-state index in [1.54, 1.807) is 12.1 Å². The van der Waals surface area contributed by atoms with Gasteiger partial charge in [-0.25, -0.2) is 9.78 Å². The Morgan fingerprint density at radius 2 is 2.20 bits per heavy atom. The van der Waals surface area contributed by atoms with Gasteiger partial charge in [-0.15, -0.1) is 11.6 Å². The first-order valence-corrected chi connectivity index (χ1v) is 7.23. The summed E-state index contributed by atoms with van der Waals surface area (Å²) >= 11 is 5.97. The van der Waals surface area contributed by atoms with Crippen molar-refractivity contribution < 1.29 is 9.53 Å². The maximum Gasteiger partial charge on any atom is 0.337 e. The van der Waals surface area contributed by atoms with Crippen LogP contribution >= 0.6 is 11.6 Å². The van der Waals surface area contributed by atoms with Gasteiger partial charge in [0.25, 0.3) is 0 Å². The van der Waals surface area contributed by atoms with Crippen LogP contribution in [0.3, 0.4) is 0 Å². The van der Waals surface area contributed by atoms with Crippen LogP contribution in [0.15, 0.2) is 18.2 Å². The Kier molecular flexibility index (Phi) is 4.65. The summed E-state index contributed by atoms with van der Waals surface area (Å²) in [5.41, 5.74) is 2.30. The number of aryl methyl sites for hydroxylation is 1. The second-order valence-electron chi connectivity index (χ2n) is 5.19. The van der Waals surface area contributed by atoms with Crippen LogP contribution in [-0.2, 0) is 17.2 Å². The van der Waals surface area contributed by atoms with Gasteiger partial charge in [0.05, 0.1) is 29.6 Å². The second-order valence-corrected chi connectivity index (χ2v) is 5.46. The molecule has 0 spiro atoms. The van der Waals surface area contributed by atoms with Gasteiger partial charge in [-0.05, 0) is 30.5 Å². The van der Waals surface area contributed by atoms with Crippen LogP contribution < -0.4 is 0 Å². The number of benzene rings is 1. The quantitative estimate of drug-likeness (QED) is 0.625. The van der Waals surface area contributed by atoms with Crippen molar-refractivity contribution in [1.82, 2.24) is 9.55 Å². The second kappa shape index (κ2) is 6.27. The number of methoxy groups -OCH3 is 1. The highest BCUT2D eigenvalue weighted by Crippen LogP contribution is 2.21. The Balaban J connectivity index is 2.43. The number of carbonyl (C=O) groups is 1. The molecule has 0 atom stereocenters. The Bertz CT molecular complexity index is 620. The lowest BCUT2D eigenvalue weighted by Gasteiger charge is -2.09.